The van der Waals surface area contributed by atoms with E-state index in [-0.39, 0.29) is 18.0 Å². The smallest absolute Gasteiger partial charge is 0.261 e. The van der Waals surface area contributed by atoms with Crippen LogP contribution in [0.3, 0.4) is 0 Å². The predicted molar refractivity (Wildman–Crippen MR) is 88.7 cm³/mol. The van der Waals surface area contributed by atoms with E-state index in [0.717, 1.165) is 30.4 Å². The number of nitrogens with zero attached hydrogens (tertiary/aromatic N) is 3. The van der Waals surface area contributed by atoms with Crippen molar-refractivity contribution in [3.63, 3.8) is 0 Å². The van der Waals surface area contributed by atoms with Gasteiger partial charge in [0.15, 0.2) is 0 Å². The highest BCUT2D eigenvalue weighted by molar-refractivity contribution is 9.10. The molecule has 1 aromatic heterocycles. The second-order valence-electron chi connectivity index (χ2n) is 5.90. The van der Waals surface area contributed by atoms with Crippen molar-refractivity contribution in [1.29, 1.82) is 0 Å². The van der Waals surface area contributed by atoms with Gasteiger partial charge in [-0.15, -0.1) is 0 Å². The quantitative estimate of drug-likeness (QED) is 0.823. The number of carbonyl (C=O) groups is 1. The van der Waals surface area contributed by atoms with E-state index >= 15 is 0 Å². The van der Waals surface area contributed by atoms with Crippen LogP contribution in [0.1, 0.15) is 19.8 Å². The maximum absolute atomic E-state index is 12.5. The third-order valence-corrected chi connectivity index (χ3v) is 4.72. The van der Waals surface area contributed by atoms with Gasteiger partial charge in [0, 0.05) is 17.6 Å². The molecule has 0 radical (unpaired) electrons. The van der Waals surface area contributed by atoms with Crippen LogP contribution in [0, 0.1) is 5.92 Å². The van der Waals surface area contributed by atoms with Crippen molar-refractivity contribution in [3.8, 4) is 0 Å². The van der Waals surface area contributed by atoms with Crippen molar-refractivity contribution in [3.05, 3.63) is 39.4 Å². The van der Waals surface area contributed by atoms with E-state index in [1.54, 1.807) is 12.1 Å². The number of aromatic nitrogens is 2. The third kappa shape index (κ3) is 3.06. The molecule has 1 aliphatic rings. The summed E-state index contributed by atoms with van der Waals surface area (Å²) in [5.41, 5.74) is 0.466. The molecular weight excluding hydrogens is 346 g/mol. The number of hydrogen-bond donors (Lipinski definition) is 0. The van der Waals surface area contributed by atoms with Crippen molar-refractivity contribution >= 4 is 32.7 Å². The molecule has 0 atom stereocenters. The number of amides is 1. The summed E-state index contributed by atoms with van der Waals surface area (Å²) in [5.74, 6) is 0.664. The van der Waals surface area contributed by atoms with Gasteiger partial charge < -0.3 is 4.90 Å². The maximum Gasteiger partial charge on any atom is 0.261 e. The summed E-state index contributed by atoms with van der Waals surface area (Å²) in [6.07, 6.45) is 3.52. The fraction of sp³-hybridized carbons (Fsp3) is 0.438. The zero-order valence-electron chi connectivity index (χ0n) is 12.5. The van der Waals surface area contributed by atoms with E-state index in [9.17, 15) is 9.59 Å². The number of benzene rings is 1. The topological polar surface area (TPSA) is 55.2 Å². The van der Waals surface area contributed by atoms with E-state index in [2.05, 4.69) is 27.8 Å². The van der Waals surface area contributed by atoms with Gasteiger partial charge in [-0.1, -0.05) is 22.9 Å². The van der Waals surface area contributed by atoms with E-state index in [1.807, 2.05) is 11.0 Å². The van der Waals surface area contributed by atoms with E-state index < -0.39 is 0 Å². The molecule has 0 N–H and O–H groups in total. The fourth-order valence-electron chi connectivity index (χ4n) is 2.75. The Hall–Kier alpha value is -1.69. The first kappa shape index (κ1) is 15.2. The molecule has 0 bridgehead atoms. The average Bonchev–Trinajstić information content (AvgIpc) is 2.51. The lowest BCUT2D eigenvalue weighted by molar-refractivity contribution is -0.133. The van der Waals surface area contributed by atoms with Crippen LogP contribution in [0.15, 0.2) is 33.8 Å². The Balaban J connectivity index is 1.83. The molecule has 1 aliphatic heterocycles. The lowest BCUT2D eigenvalue weighted by atomic mass is 9.99. The Kier molecular flexibility index (Phi) is 4.29. The van der Waals surface area contributed by atoms with E-state index in [4.69, 9.17) is 0 Å². The Labute approximate surface area is 137 Å². The molecule has 2 aromatic rings. The Morgan fingerprint density at radius 3 is 2.82 bits per heavy atom. The van der Waals surface area contributed by atoms with Gasteiger partial charge in [0.2, 0.25) is 5.91 Å². The molecule has 0 aliphatic carbocycles. The summed E-state index contributed by atoms with van der Waals surface area (Å²) in [4.78, 5) is 31.0. The summed E-state index contributed by atoms with van der Waals surface area (Å²) in [7, 11) is 0. The SMILES string of the molecule is CC1CCN(C(=O)Cn2cnc3ccc(Br)cc3c2=O)CC1. The molecule has 22 heavy (non-hydrogen) atoms. The number of hydrogen-bond acceptors (Lipinski definition) is 3. The van der Waals surface area contributed by atoms with Gasteiger partial charge in [-0.25, -0.2) is 4.98 Å². The molecule has 3 rings (SSSR count). The van der Waals surface area contributed by atoms with Gasteiger partial charge in [0.25, 0.3) is 5.56 Å². The zero-order valence-corrected chi connectivity index (χ0v) is 14.0. The van der Waals surface area contributed by atoms with Gasteiger partial charge in [0.1, 0.15) is 6.54 Å². The number of fused-ring (bicyclic) bond motifs is 1. The highest BCUT2D eigenvalue weighted by atomic mass is 79.9. The third-order valence-electron chi connectivity index (χ3n) is 4.23. The van der Waals surface area contributed by atoms with Crippen molar-refractivity contribution < 1.29 is 4.79 Å². The number of likely N-dealkylation sites (tertiary alicyclic amines) is 1. The molecule has 2 heterocycles. The molecule has 0 saturated carbocycles. The van der Waals surface area contributed by atoms with Crippen molar-refractivity contribution in [1.82, 2.24) is 14.5 Å². The molecule has 5 nitrogen and oxygen atoms in total. The van der Waals surface area contributed by atoms with Crippen LogP contribution in [0.25, 0.3) is 10.9 Å². The Morgan fingerprint density at radius 1 is 1.36 bits per heavy atom. The Morgan fingerprint density at radius 2 is 2.09 bits per heavy atom. The van der Waals surface area contributed by atoms with Crippen molar-refractivity contribution in [2.24, 2.45) is 5.92 Å². The molecule has 0 spiro atoms. The number of carbonyl (C=O) groups excluding carboxylic acids is 1. The molecule has 6 heteroatoms. The summed E-state index contributed by atoms with van der Waals surface area (Å²) in [6.45, 7) is 3.82. The number of rotatable bonds is 2. The molecule has 116 valence electrons. The summed E-state index contributed by atoms with van der Waals surface area (Å²) < 4.78 is 2.22. The first-order chi connectivity index (χ1) is 10.5. The predicted octanol–water partition coefficient (Wildman–Crippen LogP) is 2.42. The standard InChI is InChI=1S/C16H18BrN3O2/c1-11-4-6-19(7-5-11)15(21)9-20-10-18-14-3-2-12(17)8-13(14)16(20)22/h2-3,8,10-11H,4-7,9H2,1H3. The monoisotopic (exact) mass is 363 g/mol. The zero-order chi connectivity index (χ0) is 15.7. The molecule has 1 fully saturated rings. The van der Waals surface area contributed by atoms with Crippen molar-refractivity contribution in [2.45, 2.75) is 26.3 Å². The van der Waals surface area contributed by atoms with Crippen LogP contribution in [-0.4, -0.2) is 33.4 Å². The minimum atomic E-state index is -0.176. The average molecular weight is 364 g/mol. The van der Waals surface area contributed by atoms with Gasteiger partial charge in [-0.2, -0.15) is 0 Å². The van der Waals surface area contributed by atoms with Gasteiger partial charge in [-0.05, 0) is 37.0 Å². The van der Waals surface area contributed by atoms with Gasteiger partial charge in [0.05, 0.1) is 17.2 Å². The molecule has 0 unspecified atom stereocenters. The Bertz CT molecular complexity index is 764. The molecule has 1 aromatic carbocycles. The highest BCUT2D eigenvalue weighted by Crippen LogP contribution is 2.17. The first-order valence-electron chi connectivity index (χ1n) is 7.47. The second-order valence-corrected chi connectivity index (χ2v) is 6.82. The van der Waals surface area contributed by atoms with Gasteiger partial charge in [-0.3, -0.25) is 14.2 Å². The highest BCUT2D eigenvalue weighted by Gasteiger charge is 2.20. The molecular formula is C16H18BrN3O2. The fourth-order valence-corrected chi connectivity index (χ4v) is 3.11. The summed E-state index contributed by atoms with van der Waals surface area (Å²) >= 11 is 3.36. The molecule has 1 saturated heterocycles. The number of halogens is 1. The summed E-state index contributed by atoms with van der Waals surface area (Å²) in [5, 5.41) is 0.525. The van der Waals surface area contributed by atoms with Gasteiger partial charge >= 0.3 is 0 Å². The first-order valence-corrected chi connectivity index (χ1v) is 8.26. The normalized spacial score (nSPS) is 16.2. The number of piperidine rings is 1. The van der Waals surface area contributed by atoms with Crippen LogP contribution in [0.4, 0.5) is 0 Å². The van der Waals surface area contributed by atoms with Crippen LogP contribution < -0.4 is 5.56 Å². The lowest BCUT2D eigenvalue weighted by Crippen LogP contribution is -2.41. The second kappa shape index (κ2) is 6.20. The van der Waals surface area contributed by atoms with Crippen molar-refractivity contribution in [2.75, 3.05) is 13.1 Å². The maximum atomic E-state index is 12.5. The minimum Gasteiger partial charge on any atom is -0.341 e. The van der Waals surface area contributed by atoms with Crippen LogP contribution in [0.5, 0.6) is 0 Å². The van der Waals surface area contributed by atoms with Crippen LogP contribution >= 0.6 is 15.9 Å². The van der Waals surface area contributed by atoms with Crippen LogP contribution in [0.2, 0.25) is 0 Å². The molecule has 1 amide bonds. The van der Waals surface area contributed by atoms with Crippen LogP contribution in [-0.2, 0) is 11.3 Å². The minimum absolute atomic E-state index is 0.00912. The largest absolute Gasteiger partial charge is 0.341 e. The summed E-state index contributed by atoms with van der Waals surface area (Å²) in [6, 6.07) is 5.38. The van der Waals surface area contributed by atoms with E-state index in [0.29, 0.717) is 16.8 Å². The van der Waals surface area contributed by atoms with E-state index in [1.165, 1.54) is 10.9 Å². The lowest BCUT2D eigenvalue weighted by Gasteiger charge is -2.30.